The van der Waals surface area contributed by atoms with Crippen molar-refractivity contribution in [3.63, 3.8) is 0 Å². The van der Waals surface area contributed by atoms with Crippen molar-refractivity contribution >= 4 is 5.97 Å². The largest absolute Gasteiger partial charge is 0.466 e. The third-order valence-electron chi connectivity index (χ3n) is 4.63. The van der Waals surface area contributed by atoms with Gasteiger partial charge in [0.15, 0.2) is 0 Å². The molecule has 0 aromatic heterocycles. The van der Waals surface area contributed by atoms with Gasteiger partial charge in [0, 0.05) is 6.61 Å². The second-order valence-corrected chi connectivity index (χ2v) is 6.67. The Hall–Kier alpha value is -0.570. The van der Waals surface area contributed by atoms with Crippen molar-refractivity contribution in [1.29, 1.82) is 0 Å². The summed E-state index contributed by atoms with van der Waals surface area (Å²) in [5.41, 5.74) is 0. The third-order valence-corrected chi connectivity index (χ3v) is 4.63. The van der Waals surface area contributed by atoms with Crippen LogP contribution in [0.4, 0.5) is 0 Å². The van der Waals surface area contributed by atoms with Crippen molar-refractivity contribution in [3.8, 4) is 0 Å². The van der Waals surface area contributed by atoms with Gasteiger partial charge in [0.1, 0.15) is 0 Å². The number of ether oxygens (including phenoxy) is 2. The molecule has 0 bridgehead atoms. The number of rotatable bonds is 12. The van der Waals surface area contributed by atoms with E-state index in [2.05, 4.69) is 6.92 Å². The van der Waals surface area contributed by atoms with Crippen molar-refractivity contribution in [3.05, 3.63) is 0 Å². The predicted octanol–water partition coefficient (Wildman–Crippen LogP) is 5.27. The zero-order valence-electron chi connectivity index (χ0n) is 14.8. The fourth-order valence-electron chi connectivity index (χ4n) is 3.22. The number of unbranched alkanes of at least 4 members (excludes halogenated alkanes) is 7. The average Bonchev–Trinajstić information content (AvgIpc) is 2.52. The smallest absolute Gasteiger partial charge is 0.308 e. The number of esters is 1. The maximum absolute atomic E-state index is 11.4. The van der Waals surface area contributed by atoms with Crippen LogP contribution in [-0.2, 0) is 14.3 Å². The number of hydrogen-bond acceptors (Lipinski definition) is 3. The monoisotopic (exact) mass is 312 g/mol. The molecule has 0 saturated carbocycles. The fourth-order valence-corrected chi connectivity index (χ4v) is 3.22. The molecule has 3 nitrogen and oxygen atoms in total. The number of carbonyl (C=O) groups is 1. The highest BCUT2D eigenvalue weighted by molar-refractivity contribution is 5.69. The molecule has 1 fully saturated rings. The van der Waals surface area contributed by atoms with Crippen LogP contribution in [0, 0.1) is 5.92 Å². The maximum atomic E-state index is 11.4. The zero-order chi connectivity index (χ0) is 16.0. The SMILES string of the molecule is CCCCCCCCCC[C@@H]1CC[C@H](CC(=O)OCC)OC1. The Labute approximate surface area is 137 Å². The first-order valence-electron chi connectivity index (χ1n) is 9.53. The van der Waals surface area contributed by atoms with E-state index in [0.29, 0.717) is 18.9 Å². The molecule has 130 valence electrons. The standard InChI is InChI=1S/C19H36O3/c1-3-5-6-7-8-9-10-11-12-17-13-14-18(22-16-17)15-19(20)21-4-2/h17-18H,3-16H2,1-2H3/t17-,18-/m1/s1. The lowest BCUT2D eigenvalue weighted by molar-refractivity contribution is -0.147. The quantitative estimate of drug-likeness (QED) is 0.364. The van der Waals surface area contributed by atoms with E-state index in [1.165, 1.54) is 64.2 Å². The van der Waals surface area contributed by atoms with Gasteiger partial charge in [-0.15, -0.1) is 0 Å². The van der Waals surface area contributed by atoms with Gasteiger partial charge in [-0.3, -0.25) is 4.79 Å². The van der Waals surface area contributed by atoms with Gasteiger partial charge in [-0.2, -0.15) is 0 Å². The molecule has 0 aliphatic carbocycles. The minimum Gasteiger partial charge on any atom is -0.466 e. The van der Waals surface area contributed by atoms with Crippen molar-refractivity contribution in [1.82, 2.24) is 0 Å². The fraction of sp³-hybridized carbons (Fsp3) is 0.947. The first-order valence-corrected chi connectivity index (χ1v) is 9.53. The van der Waals surface area contributed by atoms with Gasteiger partial charge in [-0.25, -0.2) is 0 Å². The van der Waals surface area contributed by atoms with Crippen LogP contribution in [0.5, 0.6) is 0 Å². The van der Waals surface area contributed by atoms with Crippen LogP contribution < -0.4 is 0 Å². The van der Waals surface area contributed by atoms with E-state index in [-0.39, 0.29) is 12.1 Å². The zero-order valence-corrected chi connectivity index (χ0v) is 14.8. The molecular weight excluding hydrogens is 276 g/mol. The van der Waals surface area contributed by atoms with Crippen molar-refractivity contribution < 1.29 is 14.3 Å². The molecule has 2 atom stereocenters. The van der Waals surface area contributed by atoms with E-state index in [0.717, 1.165) is 13.0 Å². The molecule has 0 radical (unpaired) electrons. The van der Waals surface area contributed by atoms with E-state index in [9.17, 15) is 4.79 Å². The third kappa shape index (κ3) is 9.45. The molecule has 0 spiro atoms. The summed E-state index contributed by atoms with van der Waals surface area (Å²) < 4.78 is 10.8. The van der Waals surface area contributed by atoms with E-state index < -0.39 is 0 Å². The molecule has 1 aliphatic heterocycles. The Morgan fingerprint density at radius 3 is 2.27 bits per heavy atom. The van der Waals surface area contributed by atoms with Crippen LogP contribution in [0.15, 0.2) is 0 Å². The Morgan fingerprint density at radius 1 is 1.00 bits per heavy atom. The molecule has 1 rings (SSSR count). The normalized spacial score (nSPS) is 21.7. The highest BCUT2D eigenvalue weighted by atomic mass is 16.5. The molecule has 1 aliphatic rings. The summed E-state index contributed by atoms with van der Waals surface area (Å²) in [7, 11) is 0. The molecule has 0 aromatic rings. The topological polar surface area (TPSA) is 35.5 Å². The van der Waals surface area contributed by atoms with Gasteiger partial charge in [0.25, 0.3) is 0 Å². The summed E-state index contributed by atoms with van der Waals surface area (Å²) in [6.07, 6.45) is 15.1. The molecule has 0 N–H and O–H groups in total. The molecule has 1 heterocycles. The van der Waals surface area contributed by atoms with E-state index in [1.54, 1.807) is 0 Å². The molecule has 3 heteroatoms. The molecule has 1 saturated heterocycles. The Balaban J connectivity index is 1.94. The summed E-state index contributed by atoms with van der Waals surface area (Å²) in [4.78, 5) is 11.4. The second kappa shape index (κ2) is 12.9. The summed E-state index contributed by atoms with van der Waals surface area (Å²) in [6, 6.07) is 0. The Morgan fingerprint density at radius 2 is 1.68 bits per heavy atom. The lowest BCUT2D eigenvalue weighted by Crippen LogP contribution is -2.28. The first kappa shape index (κ1) is 19.5. The van der Waals surface area contributed by atoms with Crippen LogP contribution in [0.1, 0.15) is 90.9 Å². The van der Waals surface area contributed by atoms with Crippen LogP contribution in [0.2, 0.25) is 0 Å². The van der Waals surface area contributed by atoms with Gasteiger partial charge in [0.2, 0.25) is 0 Å². The van der Waals surface area contributed by atoms with E-state index in [1.807, 2.05) is 6.92 Å². The van der Waals surface area contributed by atoms with Crippen LogP contribution in [0.25, 0.3) is 0 Å². The van der Waals surface area contributed by atoms with E-state index in [4.69, 9.17) is 9.47 Å². The summed E-state index contributed by atoms with van der Waals surface area (Å²) in [5, 5.41) is 0. The van der Waals surface area contributed by atoms with Gasteiger partial charge >= 0.3 is 5.97 Å². The molecule has 0 unspecified atom stereocenters. The minimum atomic E-state index is -0.117. The van der Waals surface area contributed by atoms with Crippen LogP contribution in [-0.4, -0.2) is 25.3 Å². The average molecular weight is 312 g/mol. The second-order valence-electron chi connectivity index (χ2n) is 6.67. The van der Waals surface area contributed by atoms with Crippen LogP contribution >= 0.6 is 0 Å². The lowest BCUT2D eigenvalue weighted by atomic mass is 9.92. The summed E-state index contributed by atoms with van der Waals surface area (Å²) in [6.45, 7) is 5.41. The first-order chi connectivity index (χ1) is 10.8. The van der Waals surface area contributed by atoms with Crippen LogP contribution in [0.3, 0.4) is 0 Å². The molecule has 22 heavy (non-hydrogen) atoms. The van der Waals surface area contributed by atoms with Crippen molar-refractivity contribution in [2.45, 2.75) is 97.0 Å². The summed E-state index contributed by atoms with van der Waals surface area (Å²) >= 11 is 0. The van der Waals surface area contributed by atoms with Gasteiger partial charge in [-0.05, 0) is 32.1 Å². The maximum Gasteiger partial charge on any atom is 0.308 e. The Bertz CT molecular complexity index is 270. The Kier molecular flexibility index (Phi) is 11.4. The molecular formula is C19H36O3. The molecule has 0 amide bonds. The lowest BCUT2D eigenvalue weighted by Gasteiger charge is -2.28. The van der Waals surface area contributed by atoms with Gasteiger partial charge in [-0.1, -0.05) is 58.3 Å². The van der Waals surface area contributed by atoms with E-state index >= 15 is 0 Å². The van der Waals surface area contributed by atoms with Crippen molar-refractivity contribution in [2.75, 3.05) is 13.2 Å². The number of hydrogen-bond donors (Lipinski definition) is 0. The van der Waals surface area contributed by atoms with Gasteiger partial charge in [0.05, 0.1) is 19.1 Å². The highest BCUT2D eigenvalue weighted by Crippen LogP contribution is 2.25. The number of carbonyl (C=O) groups excluding carboxylic acids is 1. The predicted molar refractivity (Wildman–Crippen MR) is 90.9 cm³/mol. The summed E-state index contributed by atoms with van der Waals surface area (Å²) in [5.74, 6) is 0.590. The van der Waals surface area contributed by atoms with Crippen molar-refractivity contribution in [2.24, 2.45) is 5.92 Å². The van der Waals surface area contributed by atoms with Gasteiger partial charge < -0.3 is 9.47 Å². The highest BCUT2D eigenvalue weighted by Gasteiger charge is 2.23. The molecule has 0 aromatic carbocycles. The minimum absolute atomic E-state index is 0.0915.